The molecule has 0 aliphatic heterocycles. The van der Waals surface area contributed by atoms with Crippen molar-refractivity contribution in [3.05, 3.63) is 51.9 Å². The standard InChI is InChI=1S/C15H17NO3S2/c1-10-6-15(20-14(10)9-17)21(18,19)16-13-7-11-4-2-3-5-12(11)8-13/h2-6,13,16-17H,7-9H2,1H3. The Morgan fingerprint density at radius 1 is 1.29 bits per heavy atom. The van der Waals surface area contributed by atoms with Crippen LogP contribution in [0.15, 0.2) is 34.5 Å². The first-order chi connectivity index (χ1) is 9.99. The third kappa shape index (κ3) is 2.89. The average Bonchev–Trinajstić information content (AvgIpc) is 3.00. The van der Waals surface area contributed by atoms with Crippen molar-refractivity contribution in [3.8, 4) is 0 Å². The zero-order chi connectivity index (χ0) is 15.0. The van der Waals surface area contributed by atoms with Gasteiger partial charge in [0, 0.05) is 10.9 Å². The third-order valence-corrected chi connectivity index (χ3v) is 7.00. The molecule has 2 aromatic rings. The molecule has 6 heteroatoms. The molecule has 112 valence electrons. The fraction of sp³-hybridized carbons (Fsp3) is 0.333. The zero-order valence-corrected chi connectivity index (χ0v) is 13.3. The van der Waals surface area contributed by atoms with Crippen LogP contribution in [0.2, 0.25) is 0 Å². The minimum atomic E-state index is -3.52. The van der Waals surface area contributed by atoms with E-state index in [0.29, 0.717) is 4.88 Å². The summed E-state index contributed by atoms with van der Waals surface area (Å²) in [7, 11) is -3.52. The Bertz CT molecular complexity index is 740. The van der Waals surface area contributed by atoms with E-state index in [0.717, 1.165) is 29.7 Å². The summed E-state index contributed by atoms with van der Waals surface area (Å²) in [5.41, 5.74) is 3.24. The molecule has 0 spiro atoms. The predicted molar refractivity (Wildman–Crippen MR) is 82.9 cm³/mol. The summed E-state index contributed by atoms with van der Waals surface area (Å²) in [6.07, 6.45) is 1.46. The van der Waals surface area contributed by atoms with Gasteiger partial charge in [-0.15, -0.1) is 11.3 Å². The van der Waals surface area contributed by atoms with Crippen molar-refractivity contribution in [1.29, 1.82) is 0 Å². The van der Waals surface area contributed by atoms with Crippen molar-refractivity contribution in [2.45, 2.75) is 36.6 Å². The van der Waals surface area contributed by atoms with Crippen LogP contribution >= 0.6 is 11.3 Å². The Balaban J connectivity index is 1.78. The summed E-state index contributed by atoms with van der Waals surface area (Å²) < 4.78 is 27.9. The molecule has 2 N–H and O–H groups in total. The van der Waals surface area contributed by atoms with Crippen LogP contribution < -0.4 is 4.72 Å². The molecule has 4 nitrogen and oxygen atoms in total. The predicted octanol–water partition coefficient (Wildman–Crippen LogP) is 1.99. The van der Waals surface area contributed by atoms with Crippen molar-refractivity contribution in [1.82, 2.24) is 4.72 Å². The molecule has 21 heavy (non-hydrogen) atoms. The number of aliphatic hydroxyl groups excluding tert-OH is 1. The lowest BCUT2D eigenvalue weighted by molar-refractivity contribution is 0.285. The normalized spacial score (nSPS) is 15.3. The average molecular weight is 323 g/mol. The molecule has 1 aliphatic rings. The highest BCUT2D eigenvalue weighted by molar-refractivity contribution is 7.91. The van der Waals surface area contributed by atoms with Crippen molar-refractivity contribution < 1.29 is 13.5 Å². The lowest BCUT2D eigenvalue weighted by Crippen LogP contribution is -2.34. The highest BCUT2D eigenvalue weighted by atomic mass is 32.2. The number of thiophene rings is 1. The van der Waals surface area contributed by atoms with Gasteiger partial charge in [0.05, 0.1) is 6.61 Å². The van der Waals surface area contributed by atoms with E-state index in [2.05, 4.69) is 4.72 Å². The summed E-state index contributed by atoms with van der Waals surface area (Å²) in [5, 5.41) is 9.20. The number of sulfonamides is 1. The molecule has 0 atom stereocenters. The van der Waals surface area contributed by atoms with E-state index in [4.69, 9.17) is 0 Å². The summed E-state index contributed by atoms with van der Waals surface area (Å²) in [6.45, 7) is 1.69. The Morgan fingerprint density at radius 2 is 1.90 bits per heavy atom. The molecule has 3 rings (SSSR count). The smallest absolute Gasteiger partial charge is 0.250 e. The summed E-state index contributed by atoms with van der Waals surface area (Å²) in [4.78, 5) is 0.699. The first kappa shape index (κ1) is 14.7. The molecule has 0 unspecified atom stereocenters. The van der Waals surface area contributed by atoms with E-state index in [9.17, 15) is 13.5 Å². The number of aliphatic hydroxyl groups is 1. The van der Waals surface area contributed by atoms with Gasteiger partial charge in [-0.1, -0.05) is 24.3 Å². The maximum absolute atomic E-state index is 12.4. The van der Waals surface area contributed by atoms with E-state index < -0.39 is 10.0 Å². The first-order valence-electron chi connectivity index (χ1n) is 6.79. The first-order valence-corrected chi connectivity index (χ1v) is 9.09. The largest absolute Gasteiger partial charge is 0.391 e. The fourth-order valence-electron chi connectivity index (χ4n) is 2.70. The summed E-state index contributed by atoms with van der Waals surface area (Å²) in [6, 6.07) is 9.58. The van der Waals surface area contributed by atoms with Gasteiger partial charge in [-0.2, -0.15) is 0 Å². The van der Waals surface area contributed by atoms with Gasteiger partial charge in [0.1, 0.15) is 4.21 Å². The minimum Gasteiger partial charge on any atom is -0.391 e. The second-order valence-electron chi connectivity index (χ2n) is 5.32. The maximum atomic E-state index is 12.4. The number of hydrogen-bond acceptors (Lipinski definition) is 4. The highest BCUT2D eigenvalue weighted by Crippen LogP contribution is 2.28. The second-order valence-corrected chi connectivity index (χ2v) is 8.40. The van der Waals surface area contributed by atoms with Crippen molar-refractivity contribution >= 4 is 21.4 Å². The van der Waals surface area contributed by atoms with E-state index in [1.54, 1.807) is 6.07 Å². The van der Waals surface area contributed by atoms with Gasteiger partial charge in [0.15, 0.2) is 0 Å². The molecule has 1 aromatic carbocycles. The number of hydrogen-bond donors (Lipinski definition) is 2. The van der Waals surface area contributed by atoms with E-state index >= 15 is 0 Å². The van der Waals surface area contributed by atoms with Gasteiger partial charge < -0.3 is 5.11 Å². The van der Waals surface area contributed by atoms with Crippen LogP contribution in [0.4, 0.5) is 0 Å². The van der Waals surface area contributed by atoms with Gasteiger partial charge in [0.2, 0.25) is 10.0 Å². The van der Waals surface area contributed by atoms with Crippen LogP contribution in [0.25, 0.3) is 0 Å². The van der Waals surface area contributed by atoms with E-state index in [-0.39, 0.29) is 16.9 Å². The van der Waals surface area contributed by atoms with E-state index in [1.807, 2.05) is 31.2 Å². The molecule has 1 aromatic heterocycles. The monoisotopic (exact) mass is 323 g/mol. The summed E-state index contributed by atoms with van der Waals surface area (Å²) >= 11 is 1.13. The number of fused-ring (bicyclic) bond motifs is 1. The molecule has 0 saturated heterocycles. The van der Waals surface area contributed by atoms with Gasteiger partial charge >= 0.3 is 0 Å². The molecule has 1 aliphatic carbocycles. The molecule has 0 bridgehead atoms. The minimum absolute atomic E-state index is 0.0904. The van der Waals surface area contributed by atoms with E-state index in [1.165, 1.54) is 11.1 Å². The molecule has 1 heterocycles. The molecule has 0 amide bonds. The Morgan fingerprint density at radius 3 is 2.43 bits per heavy atom. The number of nitrogens with one attached hydrogen (secondary N) is 1. The van der Waals surface area contributed by atoms with Crippen LogP contribution in [0, 0.1) is 6.92 Å². The van der Waals surface area contributed by atoms with Crippen molar-refractivity contribution in [2.24, 2.45) is 0 Å². The van der Waals surface area contributed by atoms with Crippen LogP contribution in [0.5, 0.6) is 0 Å². The maximum Gasteiger partial charge on any atom is 0.250 e. The lowest BCUT2D eigenvalue weighted by Gasteiger charge is -2.11. The highest BCUT2D eigenvalue weighted by Gasteiger charge is 2.27. The second kappa shape index (κ2) is 5.53. The lowest BCUT2D eigenvalue weighted by atomic mass is 10.1. The Kier molecular flexibility index (Phi) is 3.88. The molecular weight excluding hydrogens is 306 g/mol. The van der Waals surface area contributed by atoms with Crippen LogP contribution in [-0.4, -0.2) is 19.6 Å². The number of rotatable bonds is 4. The Hall–Kier alpha value is -1.21. The summed E-state index contributed by atoms with van der Waals surface area (Å²) in [5.74, 6) is 0. The number of aryl methyl sites for hydroxylation is 1. The van der Waals surface area contributed by atoms with Gasteiger partial charge in [0.25, 0.3) is 0 Å². The fourth-order valence-corrected chi connectivity index (χ4v) is 5.40. The van der Waals surface area contributed by atoms with Crippen LogP contribution in [0.3, 0.4) is 0 Å². The molecule has 0 saturated carbocycles. The van der Waals surface area contributed by atoms with Crippen molar-refractivity contribution in [3.63, 3.8) is 0 Å². The topological polar surface area (TPSA) is 66.4 Å². The number of benzene rings is 1. The van der Waals surface area contributed by atoms with Crippen LogP contribution in [0.1, 0.15) is 21.6 Å². The van der Waals surface area contributed by atoms with Crippen molar-refractivity contribution in [2.75, 3.05) is 0 Å². The molecular formula is C15H17NO3S2. The molecule has 0 fully saturated rings. The van der Waals surface area contributed by atoms with Gasteiger partial charge in [-0.05, 0) is 42.5 Å². The molecule has 0 radical (unpaired) electrons. The Labute approximate surface area is 128 Å². The zero-order valence-electron chi connectivity index (χ0n) is 11.7. The van der Waals surface area contributed by atoms with Gasteiger partial charge in [-0.3, -0.25) is 0 Å². The quantitative estimate of drug-likeness (QED) is 0.904. The van der Waals surface area contributed by atoms with Gasteiger partial charge in [-0.25, -0.2) is 13.1 Å². The SMILES string of the molecule is Cc1cc(S(=O)(=O)NC2Cc3ccccc3C2)sc1CO. The third-order valence-electron chi connectivity index (χ3n) is 3.78. The van der Waals surface area contributed by atoms with Crippen LogP contribution in [-0.2, 0) is 29.5 Å².